The Morgan fingerprint density at radius 2 is 1.85 bits per heavy atom. The first-order valence-corrected chi connectivity index (χ1v) is 11.6. The fourth-order valence-electron chi connectivity index (χ4n) is 4.54. The van der Waals surface area contributed by atoms with Crippen molar-refractivity contribution >= 4 is 16.9 Å². The number of carbonyl (C=O) groups excluding carboxylic acids is 1. The topological polar surface area (TPSA) is 67.2 Å². The molecule has 0 bridgehead atoms. The van der Waals surface area contributed by atoms with Crippen LogP contribution in [0.25, 0.3) is 11.0 Å². The molecule has 0 aliphatic heterocycles. The van der Waals surface area contributed by atoms with E-state index in [0.29, 0.717) is 12.6 Å². The van der Waals surface area contributed by atoms with E-state index in [0.717, 1.165) is 28.7 Å². The number of aromatic nitrogens is 2. The lowest BCUT2D eigenvalue weighted by atomic mass is 9.94. The van der Waals surface area contributed by atoms with Gasteiger partial charge in [-0.2, -0.15) is 13.2 Å². The van der Waals surface area contributed by atoms with E-state index >= 15 is 0 Å². The van der Waals surface area contributed by atoms with Crippen molar-refractivity contribution in [3.8, 4) is 0 Å². The van der Waals surface area contributed by atoms with Gasteiger partial charge in [-0.1, -0.05) is 19.3 Å². The van der Waals surface area contributed by atoms with Gasteiger partial charge in [-0.25, -0.2) is 4.98 Å². The number of alkyl halides is 3. The molecule has 1 aliphatic rings. The first-order chi connectivity index (χ1) is 15.5. The highest BCUT2D eigenvalue weighted by Gasteiger charge is 2.38. The van der Waals surface area contributed by atoms with E-state index in [2.05, 4.69) is 22.2 Å². The summed E-state index contributed by atoms with van der Waals surface area (Å²) in [4.78, 5) is 31.5. The maximum atomic E-state index is 13.5. The van der Waals surface area contributed by atoms with Crippen molar-refractivity contribution in [2.24, 2.45) is 0 Å². The molecule has 33 heavy (non-hydrogen) atoms. The summed E-state index contributed by atoms with van der Waals surface area (Å²) in [6.45, 7) is 6.23. The molecule has 1 aromatic carbocycles. The van der Waals surface area contributed by atoms with Gasteiger partial charge in [0.1, 0.15) is 6.04 Å². The van der Waals surface area contributed by atoms with Gasteiger partial charge in [-0.15, -0.1) is 0 Å². The van der Waals surface area contributed by atoms with Crippen LogP contribution in [0.4, 0.5) is 13.2 Å². The molecule has 1 heterocycles. The van der Waals surface area contributed by atoms with Crippen LogP contribution in [0.15, 0.2) is 16.9 Å². The first-order valence-electron chi connectivity index (χ1n) is 11.6. The maximum absolute atomic E-state index is 13.5. The maximum Gasteiger partial charge on any atom is 0.438 e. The number of amides is 1. The zero-order valence-electron chi connectivity index (χ0n) is 19.8. The highest BCUT2D eigenvalue weighted by molar-refractivity contribution is 5.84. The summed E-state index contributed by atoms with van der Waals surface area (Å²) in [5.41, 5.74) is -0.998. The number of benzene rings is 1. The van der Waals surface area contributed by atoms with Gasteiger partial charge in [0.05, 0.1) is 11.0 Å². The lowest BCUT2D eigenvalue weighted by Crippen LogP contribution is -2.40. The third-order valence-electron chi connectivity index (χ3n) is 6.72. The third-order valence-corrected chi connectivity index (χ3v) is 6.72. The van der Waals surface area contributed by atoms with Crippen LogP contribution in [0.2, 0.25) is 0 Å². The first kappa shape index (κ1) is 25.2. The van der Waals surface area contributed by atoms with Crippen LogP contribution in [0.1, 0.15) is 68.3 Å². The van der Waals surface area contributed by atoms with Gasteiger partial charge in [-0.05, 0) is 76.9 Å². The summed E-state index contributed by atoms with van der Waals surface area (Å²) in [6.07, 6.45) is 1.98. The minimum absolute atomic E-state index is 0.0405. The lowest BCUT2D eigenvalue weighted by Gasteiger charge is -2.31. The summed E-state index contributed by atoms with van der Waals surface area (Å²) in [7, 11) is 2.09. The lowest BCUT2D eigenvalue weighted by molar-refractivity contribution is -0.142. The Morgan fingerprint density at radius 3 is 2.48 bits per heavy atom. The van der Waals surface area contributed by atoms with Crippen molar-refractivity contribution < 1.29 is 18.0 Å². The SMILES string of the molecule is Cc1cc2nc(C(F)(F)F)c(=O)n(C(C)C(=O)NCCCN(C)C3CCCCC3)c2cc1C. The number of nitrogens with zero attached hydrogens (tertiary/aromatic N) is 3. The largest absolute Gasteiger partial charge is 0.438 e. The number of halogens is 3. The summed E-state index contributed by atoms with van der Waals surface area (Å²) >= 11 is 0. The summed E-state index contributed by atoms with van der Waals surface area (Å²) in [5, 5.41) is 2.79. The highest BCUT2D eigenvalue weighted by Crippen LogP contribution is 2.28. The zero-order chi connectivity index (χ0) is 24.3. The Morgan fingerprint density at radius 1 is 1.21 bits per heavy atom. The quantitative estimate of drug-likeness (QED) is 0.616. The Hall–Kier alpha value is -2.42. The van der Waals surface area contributed by atoms with Crippen molar-refractivity contribution in [2.45, 2.75) is 77.6 Å². The zero-order valence-corrected chi connectivity index (χ0v) is 19.8. The van der Waals surface area contributed by atoms with E-state index in [1.807, 2.05) is 0 Å². The second kappa shape index (κ2) is 10.2. The summed E-state index contributed by atoms with van der Waals surface area (Å²) in [6, 6.07) is 2.59. The minimum atomic E-state index is -4.91. The predicted octanol–water partition coefficient (Wildman–Crippen LogP) is 4.36. The minimum Gasteiger partial charge on any atom is -0.354 e. The Balaban J connectivity index is 1.77. The van der Waals surface area contributed by atoms with Crippen LogP contribution in [-0.4, -0.2) is 46.5 Å². The van der Waals surface area contributed by atoms with E-state index in [4.69, 9.17) is 0 Å². The van der Waals surface area contributed by atoms with Gasteiger partial charge in [0.2, 0.25) is 11.6 Å². The molecule has 2 aromatic rings. The molecule has 1 aromatic heterocycles. The average Bonchev–Trinajstić information content (AvgIpc) is 2.76. The smallest absolute Gasteiger partial charge is 0.354 e. The van der Waals surface area contributed by atoms with E-state index in [-0.39, 0.29) is 11.0 Å². The molecule has 0 radical (unpaired) electrons. The molecule has 1 aliphatic carbocycles. The van der Waals surface area contributed by atoms with Crippen molar-refractivity contribution in [3.63, 3.8) is 0 Å². The summed E-state index contributed by atoms with van der Waals surface area (Å²) in [5.74, 6) is -0.490. The highest BCUT2D eigenvalue weighted by atomic mass is 19.4. The van der Waals surface area contributed by atoms with Crippen LogP contribution >= 0.6 is 0 Å². The number of hydrogen-bond acceptors (Lipinski definition) is 4. The fourth-order valence-corrected chi connectivity index (χ4v) is 4.54. The van der Waals surface area contributed by atoms with Crippen molar-refractivity contribution in [2.75, 3.05) is 20.1 Å². The van der Waals surface area contributed by atoms with Crippen LogP contribution in [-0.2, 0) is 11.0 Å². The van der Waals surface area contributed by atoms with E-state index in [1.54, 1.807) is 19.9 Å². The average molecular weight is 467 g/mol. The predicted molar refractivity (Wildman–Crippen MR) is 122 cm³/mol. The molecule has 6 nitrogen and oxygen atoms in total. The molecule has 9 heteroatoms. The Bertz CT molecular complexity index is 1060. The van der Waals surface area contributed by atoms with Gasteiger partial charge in [0.15, 0.2) is 0 Å². The molecule has 1 saturated carbocycles. The molecule has 182 valence electrons. The number of carbonyl (C=O) groups is 1. The summed E-state index contributed by atoms with van der Waals surface area (Å²) < 4.78 is 41.4. The van der Waals surface area contributed by atoms with Crippen molar-refractivity contribution in [3.05, 3.63) is 39.3 Å². The monoisotopic (exact) mass is 466 g/mol. The van der Waals surface area contributed by atoms with Crippen molar-refractivity contribution in [1.82, 2.24) is 19.8 Å². The molecular formula is C24H33F3N4O2. The molecule has 1 N–H and O–H groups in total. The molecule has 1 unspecified atom stereocenters. The van der Waals surface area contributed by atoms with Gasteiger partial charge < -0.3 is 10.2 Å². The molecule has 0 spiro atoms. The molecule has 1 atom stereocenters. The Kier molecular flexibility index (Phi) is 7.82. The molecule has 3 rings (SSSR count). The molecular weight excluding hydrogens is 433 g/mol. The molecule has 1 amide bonds. The van der Waals surface area contributed by atoms with Crippen molar-refractivity contribution in [1.29, 1.82) is 0 Å². The van der Waals surface area contributed by atoms with Crippen LogP contribution < -0.4 is 10.9 Å². The second-order valence-corrected chi connectivity index (χ2v) is 9.15. The number of rotatable bonds is 7. The van der Waals surface area contributed by atoms with Gasteiger partial charge in [-0.3, -0.25) is 14.2 Å². The molecule has 0 saturated heterocycles. The van der Waals surface area contributed by atoms with E-state index in [9.17, 15) is 22.8 Å². The molecule has 1 fully saturated rings. The number of hydrogen-bond donors (Lipinski definition) is 1. The normalized spacial score (nSPS) is 16.4. The number of aryl methyl sites for hydroxylation is 2. The van der Waals surface area contributed by atoms with E-state index in [1.165, 1.54) is 45.1 Å². The Labute approximate surface area is 192 Å². The second-order valence-electron chi connectivity index (χ2n) is 9.15. The van der Waals surface area contributed by atoms with E-state index < -0.39 is 29.4 Å². The van der Waals surface area contributed by atoms with Crippen LogP contribution in [0.5, 0.6) is 0 Å². The van der Waals surface area contributed by atoms with Crippen LogP contribution in [0.3, 0.4) is 0 Å². The van der Waals surface area contributed by atoms with Gasteiger partial charge in [0.25, 0.3) is 5.56 Å². The van der Waals surface area contributed by atoms with Gasteiger partial charge in [0, 0.05) is 12.6 Å². The van der Waals surface area contributed by atoms with Gasteiger partial charge >= 0.3 is 6.18 Å². The number of nitrogens with one attached hydrogen (secondary N) is 1. The van der Waals surface area contributed by atoms with Crippen LogP contribution in [0, 0.1) is 13.8 Å². The fraction of sp³-hybridized carbons (Fsp3) is 0.625. The third kappa shape index (κ3) is 5.75. The number of fused-ring (bicyclic) bond motifs is 1. The standard InChI is InChI=1S/C24H33F3N4O2/c1-15-13-19-20(14-16(15)2)31(23(33)21(29-19)24(25,26)27)17(3)22(32)28-11-8-12-30(4)18-9-6-5-7-10-18/h13-14,17-18H,5-12H2,1-4H3,(H,28,32).